The van der Waals surface area contributed by atoms with Crippen molar-refractivity contribution in [2.75, 3.05) is 0 Å². The van der Waals surface area contributed by atoms with Gasteiger partial charge in [-0.25, -0.2) is 0 Å². The van der Waals surface area contributed by atoms with Crippen molar-refractivity contribution in [3.05, 3.63) is 0 Å². The Hall–Kier alpha value is -0.594. The van der Waals surface area contributed by atoms with Gasteiger partial charge in [-0.3, -0.25) is 0 Å². The minimum atomic E-state index is -1.44. The van der Waals surface area contributed by atoms with Gasteiger partial charge in [-0.1, -0.05) is 0 Å². The number of hydrogen-bond donors (Lipinski definition) is 1. The number of carboxylic acid groups (broad SMARTS) is 2. The topological polar surface area (TPSA) is 106 Å². The van der Waals surface area contributed by atoms with Crippen LogP contribution < -0.4 is 15.9 Å². The Balaban J connectivity index is 0. The van der Waals surface area contributed by atoms with Crippen molar-refractivity contribution in [3.8, 4) is 0 Å². The Morgan fingerprint density at radius 3 is 2.09 bits per heavy atom. The third kappa shape index (κ3) is 7.30. The summed E-state index contributed by atoms with van der Waals surface area (Å²) in [5.74, 6) is -2.75. The van der Waals surface area contributed by atoms with Crippen LogP contribution in [0.3, 0.4) is 0 Å². The summed E-state index contributed by atoms with van der Waals surface area (Å²) in [4.78, 5) is 19.6. The molecule has 0 rings (SSSR count). The third-order valence-electron chi connectivity index (χ3n) is 0.962. The second kappa shape index (κ2) is 6.14. The van der Waals surface area contributed by atoms with Gasteiger partial charge in [0.05, 0.1) is 5.97 Å². The Labute approximate surface area is 73.8 Å². The van der Waals surface area contributed by atoms with Gasteiger partial charge in [0.25, 0.3) is 0 Å². The maximum atomic E-state index is 9.86. The van der Waals surface area contributed by atoms with E-state index in [1.807, 2.05) is 0 Å². The van der Waals surface area contributed by atoms with Crippen LogP contribution in [0.25, 0.3) is 0 Å². The van der Waals surface area contributed by atoms with Crippen molar-refractivity contribution in [1.82, 2.24) is 0 Å². The van der Waals surface area contributed by atoms with Crippen molar-refractivity contribution >= 4 is 11.9 Å². The number of carboxylic acids is 2. The summed E-state index contributed by atoms with van der Waals surface area (Å²) in [7, 11) is 0. The Morgan fingerprint density at radius 1 is 1.36 bits per heavy atom. The van der Waals surface area contributed by atoms with Crippen molar-refractivity contribution in [2.24, 2.45) is 5.73 Å². The van der Waals surface area contributed by atoms with Gasteiger partial charge in [0.2, 0.25) is 0 Å². The van der Waals surface area contributed by atoms with Crippen LogP contribution in [-0.2, 0) is 26.4 Å². The van der Waals surface area contributed by atoms with E-state index in [4.69, 9.17) is 5.73 Å². The van der Waals surface area contributed by atoms with E-state index in [2.05, 4.69) is 0 Å². The fourth-order valence-corrected chi connectivity index (χ4v) is 0.391. The van der Waals surface area contributed by atoms with E-state index >= 15 is 0 Å². The molecule has 11 heavy (non-hydrogen) atoms. The predicted octanol–water partition coefficient (Wildman–Crippen LogP) is -3.41. The zero-order valence-electron chi connectivity index (χ0n) is 5.54. The number of aliphatic carboxylic acids is 2. The van der Waals surface area contributed by atoms with Gasteiger partial charge in [-0.2, -0.15) is 0 Å². The first-order chi connectivity index (χ1) is 4.54. The number of rotatable bonds is 4. The monoisotopic (exact) mass is 204 g/mol. The molecule has 0 aliphatic carbocycles. The zero-order chi connectivity index (χ0) is 8.15. The number of carbonyl (C=O) groups excluding carboxylic acids is 2. The van der Waals surface area contributed by atoms with Crippen LogP contribution in [0.2, 0.25) is 0 Å². The van der Waals surface area contributed by atoms with Gasteiger partial charge in [0.15, 0.2) is 0 Å². The summed E-state index contributed by atoms with van der Waals surface area (Å²) < 4.78 is 0. The van der Waals surface area contributed by atoms with E-state index in [-0.39, 0.29) is 29.6 Å². The van der Waals surface area contributed by atoms with Crippen molar-refractivity contribution in [2.45, 2.75) is 18.9 Å². The fourth-order valence-electron chi connectivity index (χ4n) is 0.391. The molecule has 1 radical (unpaired) electrons. The van der Waals surface area contributed by atoms with Crippen molar-refractivity contribution in [3.63, 3.8) is 0 Å². The van der Waals surface area contributed by atoms with E-state index in [0.717, 1.165) is 0 Å². The molecule has 65 valence electrons. The Bertz CT molecular complexity index is 149. The SMILES string of the molecule is N[C@@H](CCC(=O)[O-])C(=O)[O-].[Co+2]. The molecule has 0 aliphatic heterocycles. The minimum absolute atomic E-state index is 0. The van der Waals surface area contributed by atoms with E-state index in [1.54, 1.807) is 0 Å². The summed E-state index contributed by atoms with van der Waals surface area (Å²) >= 11 is 0. The van der Waals surface area contributed by atoms with Crippen LogP contribution in [0.4, 0.5) is 0 Å². The molecule has 0 heterocycles. The largest absolute Gasteiger partial charge is 2.00 e. The minimum Gasteiger partial charge on any atom is -0.550 e. The summed E-state index contributed by atoms with van der Waals surface area (Å²) in [6, 6.07) is -1.21. The van der Waals surface area contributed by atoms with Gasteiger partial charge in [0, 0.05) is 12.0 Å². The molecule has 2 N–H and O–H groups in total. The molecule has 0 aliphatic rings. The quantitative estimate of drug-likeness (QED) is 0.513. The van der Waals surface area contributed by atoms with Crippen LogP contribution in [0.5, 0.6) is 0 Å². The average Bonchev–Trinajstić information content (AvgIpc) is 1.82. The molecular formula is C5H7CoNO4. The van der Waals surface area contributed by atoms with Gasteiger partial charge in [-0.15, -0.1) is 0 Å². The van der Waals surface area contributed by atoms with Crippen molar-refractivity contribution < 1.29 is 36.6 Å². The zero-order valence-corrected chi connectivity index (χ0v) is 6.58. The smallest absolute Gasteiger partial charge is 0.550 e. The normalized spacial score (nSPS) is 11.4. The molecular weight excluding hydrogens is 197 g/mol. The maximum Gasteiger partial charge on any atom is 2.00 e. The summed E-state index contributed by atoms with van der Waals surface area (Å²) in [5.41, 5.74) is 4.91. The first-order valence-corrected chi connectivity index (χ1v) is 2.70. The van der Waals surface area contributed by atoms with E-state index in [0.29, 0.717) is 0 Å². The van der Waals surface area contributed by atoms with E-state index in [1.165, 1.54) is 0 Å². The van der Waals surface area contributed by atoms with E-state index in [9.17, 15) is 19.8 Å². The molecule has 5 nitrogen and oxygen atoms in total. The van der Waals surface area contributed by atoms with E-state index < -0.39 is 18.0 Å². The molecule has 0 amide bonds. The molecule has 0 unspecified atom stereocenters. The van der Waals surface area contributed by atoms with Crippen molar-refractivity contribution in [1.29, 1.82) is 0 Å². The molecule has 0 fully saturated rings. The number of hydrogen-bond acceptors (Lipinski definition) is 5. The van der Waals surface area contributed by atoms with Crippen LogP contribution in [0, 0.1) is 0 Å². The van der Waals surface area contributed by atoms with Crippen LogP contribution in [0.1, 0.15) is 12.8 Å². The molecule has 1 atom stereocenters. The summed E-state index contributed by atoms with van der Waals surface area (Å²) in [5, 5.41) is 19.6. The molecule has 0 aromatic rings. The standard InChI is InChI=1S/C5H9NO4.Co/c6-3(5(9)10)1-2-4(7)8;/h3H,1-2,6H2,(H,7,8)(H,9,10);/q;+2/p-2/t3-;/m0./s1. The van der Waals surface area contributed by atoms with Crippen LogP contribution in [-0.4, -0.2) is 18.0 Å². The van der Waals surface area contributed by atoms with Gasteiger partial charge in [-0.05, 0) is 12.8 Å². The van der Waals surface area contributed by atoms with Crippen LogP contribution >= 0.6 is 0 Å². The predicted molar refractivity (Wildman–Crippen MR) is 27.2 cm³/mol. The first-order valence-electron chi connectivity index (χ1n) is 2.70. The van der Waals surface area contributed by atoms with Gasteiger partial charge >= 0.3 is 16.8 Å². The Kier molecular flexibility index (Phi) is 7.27. The molecule has 0 saturated carbocycles. The summed E-state index contributed by atoms with van der Waals surface area (Å²) in [6.45, 7) is 0. The second-order valence-electron chi connectivity index (χ2n) is 1.84. The van der Waals surface area contributed by atoms with Gasteiger partial charge in [0.1, 0.15) is 0 Å². The van der Waals surface area contributed by atoms with Crippen LogP contribution in [0.15, 0.2) is 0 Å². The number of carbonyl (C=O) groups is 2. The molecule has 0 saturated heterocycles. The molecule has 0 spiro atoms. The fraction of sp³-hybridized carbons (Fsp3) is 0.600. The molecule has 0 bridgehead atoms. The Morgan fingerprint density at radius 2 is 1.82 bits per heavy atom. The van der Waals surface area contributed by atoms with Gasteiger partial charge < -0.3 is 25.5 Å². The molecule has 0 aromatic heterocycles. The average molecular weight is 204 g/mol. The third-order valence-corrected chi connectivity index (χ3v) is 0.962. The summed E-state index contributed by atoms with van der Waals surface area (Å²) in [6.07, 6.45) is -0.500. The second-order valence-corrected chi connectivity index (χ2v) is 1.84. The molecule has 6 heteroatoms. The number of nitrogens with two attached hydrogens (primary N) is 1. The maximum absolute atomic E-state index is 9.86. The first kappa shape index (κ1) is 13.0. The molecule has 0 aromatic carbocycles.